The number of morpholine rings is 1. The van der Waals surface area contributed by atoms with Gasteiger partial charge in [0, 0.05) is 31.2 Å². The maximum Gasteiger partial charge on any atom is 0.261 e. The number of halogens is 1. The first kappa shape index (κ1) is 33.7. The van der Waals surface area contributed by atoms with Crippen molar-refractivity contribution in [3.63, 3.8) is 0 Å². The highest BCUT2D eigenvalue weighted by atomic mass is 35.5. The van der Waals surface area contributed by atoms with Crippen molar-refractivity contribution >= 4 is 33.4 Å². The number of benzene rings is 3. The molecular weight excluding hydrogens is 626 g/mol. The molecule has 5 rings (SSSR count). The van der Waals surface area contributed by atoms with Gasteiger partial charge in [0.2, 0.25) is 15.9 Å². The molecule has 0 saturated carbocycles. The average molecular weight is 666 g/mol. The zero-order chi connectivity index (χ0) is 32.4. The van der Waals surface area contributed by atoms with Gasteiger partial charge < -0.3 is 19.7 Å². The highest BCUT2D eigenvalue weighted by molar-refractivity contribution is 7.89. The van der Waals surface area contributed by atoms with Crippen LogP contribution in [0.5, 0.6) is 5.75 Å². The molecule has 0 spiro atoms. The molecule has 1 N–H and O–H groups in total. The van der Waals surface area contributed by atoms with Crippen molar-refractivity contribution in [3.05, 3.63) is 107 Å². The fourth-order valence-electron chi connectivity index (χ4n) is 5.66. The molecule has 11 heteroatoms. The highest BCUT2D eigenvalue weighted by Crippen LogP contribution is 2.26. The first-order chi connectivity index (χ1) is 22.3. The summed E-state index contributed by atoms with van der Waals surface area (Å²) in [7, 11) is -3.66. The standard InChI is InChI=1S/C35H40ClN3O6S/c36-30-13-11-28(12-14-30)25-39(34(29-9-5-2-6-10-29)35(41)37-20-19-27-7-3-1-4-8-27)33(40)26-45-31-15-17-32(18-16-31)46(42,43)38-21-23-44-24-22-38/h2,5-7,9-18,34H,1,3-4,8,19-26H2,(H,37,41)/t34-/m1/s1. The maximum atomic E-state index is 13.9. The third-order valence-electron chi connectivity index (χ3n) is 8.19. The van der Waals surface area contributed by atoms with E-state index in [-0.39, 0.29) is 24.0 Å². The second kappa shape index (κ2) is 16.2. The molecule has 2 aliphatic rings. The third kappa shape index (κ3) is 8.97. The van der Waals surface area contributed by atoms with E-state index in [0.29, 0.717) is 49.2 Å². The van der Waals surface area contributed by atoms with E-state index in [2.05, 4.69) is 11.4 Å². The minimum absolute atomic E-state index is 0.141. The van der Waals surface area contributed by atoms with Gasteiger partial charge in [-0.25, -0.2) is 8.42 Å². The number of nitrogens with one attached hydrogen (secondary N) is 1. The SMILES string of the molecule is O=C(NCCC1=CCCCC1)[C@@H](c1ccccc1)N(Cc1ccc(Cl)cc1)C(=O)COc1ccc(S(=O)(=O)N2CCOCC2)cc1. The number of nitrogens with zero attached hydrogens (tertiary/aromatic N) is 2. The molecule has 1 aliphatic carbocycles. The van der Waals surface area contributed by atoms with Crippen molar-refractivity contribution in [2.75, 3.05) is 39.5 Å². The molecule has 1 heterocycles. The summed E-state index contributed by atoms with van der Waals surface area (Å²) in [6, 6.07) is 21.5. The van der Waals surface area contributed by atoms with E-state index in [1.807, 2.05) is 42.5 Å². The topological polar surface area (TPSA) is 105 Å². The first-order valence-electron chi connectivity index (χ1n) is 15.7. The van der Waals surface area contributed by atoms with Gasteiger partial charge in [0.1, 0.15) is 11.8 Å². The minimum atomic E-state index is -3.66. The number of carbonyl (C=O) groups excluding carboxylic acids is 2. The zero-order valence-electron chi connectivity index (χ0n) is 25.8. The monoisotopic (exact) mass is 665 g/mol. The molecule has 0 bridgehead atoms. The Labute approximate surface area is 276 Å². The lowest BCUT2D eigenvalue weighted by molar-refractivity contribution is -0.143. The quantitative estimate of drug-likeness (QED) is 0.241. The minimum Gasteiger partial charge on any atom is -0.484 e. The smallest absolute Gasteiger partial charge is 0.261 e. The normalized spacial score (nSPS) is 16.2. The summed E-state index contributed by atoms with van der Waals surface area (Å²) >= 11 is 6.13. The predicted octanol–water partition coefficient (Wildman–Crippen LogP) is 5.52. The Hall–Kier alpha value is -3.70. The van der Waals surface area contributed by atoms with Crippen LogP contribution in [0.3, 0.4) is 0 Å². The van der Waals surface area contributed by atoms with Crippen LogP contribution in [-0.2, 0) is 30.9 Å². The van der Waals surface area contributed by atoms with Crippen molar-refractivity contribution in [2.45, 2.75) is 49.6 Å². The summed E-state index contributed by atoms with van der Waals surface area (Å²) in [5.41, 5.74) is 2.84. The lowest BCUT2D eigenvalue weighted by atomic mass is 9.97. The Morgan fingerprint density at radius 2 is 1.67 bits per heavy atom. The first-order valence-corrected chi connectivity index (χ1v) is 17.5. The van der Waals surface area contributed by atoms with Gasteiger partial charge in [-0.1, -0.05) is 65.7 Å². The molecule has 3 aromatic carbocycles. The molecule has 46 heavy (non-hydrogen) atoms. The Morgan fingerprint density at radius 3 is 2.35 bits per heavy atom. The molecule has 1 fully saturated rings. The number of rotatable bonds is 13. The van der Waals surface area contributed by atoms with Gasteiger partial charge >= 0.3 is 0 Å². The third-order valence-corrected chi connectivity index (χ3v) is 10.4. The van der Waals surface area contributed by atoms with Crippen LogP contribution in [0.25, 0.3) is 0 Å². The van der Waals surface area contributed by atoms with E-state index < -0.39 is 22.0 Å². The van der Waals surface area contributed by atoms with Crippen LogP contribution in [-0.4, -0.2) is 68.9 Å². The fraction of sp³-hybridized carbons (Fsp3) is 0.371. The molecule has 1 saturated heterocycles. The summed E-state index contributed by atoms with van der Waals surface area (Å²) in [5, 5.41) is 3.64. The Morgan fingerprint density at radius 1 is 0.957 bits per heavy atom. The largest absolute Gasteiger partial charge is 0.484 e. The second-order valence-corrected chi connectivity index (χ2v) is 13.8. The van der Waals surface area contributed by atoms with Gasteiger partial charge in [0.15, 0.2) is 6.61 Å². The number of allylic oxidation sites excluding steroid dienone is 1. The van der Waals surface area contributed by atoms with Crippen molar-refractivity contribution in [3.8, 4) is 5.75 Å². The molecule has 1 atom stereocenters. The van der Waals surface area contributed by atoms with Crippen LogP contribution in [0.2, 0.25) is 5.02 Å². The second-order valence-electron chi connectivity index (χ2n) is 11.4. The van der Waals surface area contributed by atoms with E-state index in [1.54, 1.807) is 12.1 Å². The molecular formula is C35H40ClN3O6S. The molecule has 0 unspecified atom stereocenters. The van der Waals surface area contributed by atoms with Gasteiger partial charge in [-0.3, -0.25) is 9.59 Å². The Balaban J connectivity index is 1.33. The summed E-state index contributed by atoms with van der Waals surface area (Å²) in [6.07, 6.45) is 7.54. The van der Waals surface area contributed by atoms with E-state index in [9.17, 15) is 18.0 Å². The van der Waals surface area contributed by atoms with Crippen molar-refractivity contribution in [2.24, 2.45) is 0 Å². The number of hydrogen-bond donors (Lipinski definition) is 1. The lowest BCUT2D eigenvalue weighted by Crippen LogP contribution is -2.45. The Bertz CT molecular complexity index is 1590. The van der Waals surface area contributed by atoms with Gasteiger partial charge in [0.25, 0.3) is 5.91 Å². The maximum absolute atomic E-state index is 13.9. The van der Waals surface area contributed by atoms with Gasteiger partial charge in [-0.15, -0.1) is 0 Å². The van der Waals surface area contributed by atoms with E-state index in [1.165, 1.54) is 51.9 Å². The van der Waals surface area contributed by atoms with E-state index in [4.69, 9.17) is 21.1 Å². The molecule has 0 radical (unpaired) electrons. The molecule has 9 nitrogen and oxygen atoms in total. The van der Waals surface area contributed by atoms with Crippen LogP contribution >= 0.6 is 11.6 Å². The summed E-state index contributed by atoms with van der Waals surface area (Å²) in [5.74, 6) is -0.344. The van der Waals surface area contributed by atoms with Crippen LogP contribution in [0.15, 0.2) is 95.4 Å². The molecule has 244 valence electrons. The van der Waals surface area contributed by atoms with Crippen LogP contribution in [0, 0.1) is 0 Å². The van der Waals surface area contributed by atoms with Crippen molar-refractivity contribution in [1.82, 2.24) is 14.5 Å². The Kier molecular flexibility index (Phi) is 11.9. The van der Waals surface area contributed by atoms with E-state index >= 15 is 0 Å². The highest BCUT2D eigenvalue weighted by Gasteiger charge is 2.32. The number of carbonyl (C=O) groups is 2. The van der Waals surface area contributed by atoms with Gasteiger partial charge in [-0.05, 0) is 79.6 Å². The molecule has 0 aromatic heterocycles. The van der Waals surface area contributed by atoms with Crippen LogP contribution in [0.4, 0.5) is 0 Å². The summed E-state index contributed by atoms with van der Waals surface area (Å²) < 4.78 is 38.5. The van der Waals surface area contributed by atoms with E-state index in [0.717, 1.165) is 24.8 Å². The van der Waals surface area contributed by atoms with Crippen LogP contribution in [0.1, 0.15) is 49.3 Å². The van der Waals surface area contributed by atoms with Gasteiger partial charge in [0.05, 0.1) is 18.1 Å². The molecule has 3 aromatic rings. The number of hydrogen-bond acceptors (Lipinski definition) is 6. The number of sulfonamides is 1. The van der Waals surface area contributed by atoms with Crippen molar-refractivity contribution in [1.29, 1.82) is 0 Å². The summed E-state index contributed by atoms with van der Waals surface area (Å²) in [6.45, 7) is 1.58. The average Bonchev–Trinajstić information content (AvgIpc) is 3.09. The number of ether oxygens (including phenoxy) is 2. The predicted molar refractivity (Wildman–Crippen MR) is 177 cm³/mol. The lowest BCUT2D eigenvalue weighted by Gasteiger charge is -2.31. The molecule has 2 amide bonds. The van der Waals surface area contributed by atoms with Gasteiger partial charge in [-0.2, -0.15) is 4.31 Å². The fourth-order valence-corrected chi connectivity index (χ4v) is 7.20. The number of amides is 2. The summed E-state index contributed by atoms with van der Waals surface area (Å²) in [4.78, 5) is 29.4. The van der Waals surface area contributed by atoms with Crippen LogP contribution < -0.4 is 10.1 Å². The molecule has 1 aliphatic heterocycles. The zero-order valence-corrected chi connectivity index (χ0v) is 27.3. The van der Waals surface area contributed by atoms with Crippen molar-refractivity contribution < 1.29 is 27.5 Å².